The van der Waals surface area contributed by atoms with Crippen LogP contribution in [0.5, 0.6) is 0 Å². The Kier molecular flexibility index (Phi) is 3.87. The van der Waals surface area contributed by atoms with E-state index in [0.717, 1.165) is 6.20 Å². The Balaban J connectivity index is 3.16. The van der Waals surface area contributed by atoms with Crippen molar-refractivity contribution in [3.63, 3.8) is 0 Å². The molecule has 1 heterocycles. The number of rotatable bonds is 3. The van der Waals surface area contributed by atoms with Crippen LogP contribution in [-0.2, 0) is 4.74 Å². The van der Waals surface area contributed by atoms with E-state index in [4.69, 9.17) is 0 Å². The summed E-state index contributed by atoms with van der Waals surface area (Å²) in [7, 11) is 0. The quantitative estimate of drug-likeness (QED) is 0.753. The maximum Gasteiger partial charge on any atom is 0.360 e. The van der Waals surface area contributed by atoms with Crippen molar-refractivity contribution in [1.29, 1.82) is 0 Å². The van der Waals surface area contributed by atoms with E-state index >= 15 is 0 Å². The lowest BCUT2D eigenvalue weighted by Crippen LogP contribution is -2.12. The summed E-state index contributed by atoms with van der Waals surface area (Å²) in [5.74, 6) is -2.01. The standard InChI is InChI=1S/C10H10F3NO2/c1-3-16-10(15)8-7(11)5(2)6(4-14-8)9(12)13/h4,9H,3H2,1-2H3. The number of pyridine rings is 1. The molecule has 0 spiro atoms. The molecule has 0 amide bonds. The van der Waals surface area contributed by atoms with Crippen LogP contribution in [0, 0.1) is 12.7 Å². The van der Waals surface area contributed by atoms with E-state index in [1.807, 2.05) is 0 Å². The summed E-state index contributed by atoms with van der Waals surface area (Å²) in [4.78, 5) is 14.5. The van der Waals surface area contributed by atoms with Gasteiger partial charge in [-0.1, -0.05) is 0 Å². The third-order valence-electron chi connectivity index (χ3n) is 2.01. The van der Waals surface area contributed by atoms with Crippen molar-refractivity contribution in [1.82, 2.24) is 4.98 Å². The van der Waals surface area contributed by atoms with E-state index in [1.165, 1.54) is 6.92 Å². The number of esters is 1. The zero-order valence-corrected chi connectivity index (χ0v) is 8.76. The molecule has 88 valence electrons. The second-order valence-electron chi connectivity index (χ2n) is 3.02. The number of alkyl halides is 2. The van der Waals surface area contributed by atoms with Crippen molar-refractivity contribution in [3.8, 4) is 0 Å². The van der Waals surface area contributed by atoms with Gasteiger partial charge >= 0.3 is 5.97 Å². The minimum absolute atomic E-state index is 0.0651. The maximum absolute atomic E-state index is 13.5. The molecule has 0 N–H and O–H groups in total. The zero-order chi connectivity index (χ0) is 12.3. The summed E-state index contributed by atoms with van der Waals surface area (Å²) >= 11 is 0. The van der Waals surface area contributed by atoms with E-state index in [2.05, 4.69) is 9.72 Å². The number of nitrogens with zero attached hydrogens (tertiary/aromatic N) is 1. The van der Waals surface area contributed by atoms with Gasteiger partial charge in [0.25, 0.3) is 6.43 Å². The molecule has 0 radical (unpaired) electrons. The number of hydrogen-bond donors (Lipinski definition) is 0. The summed E-state index contributed by atoms with van der Waals surface area (Å²) in [6.07, 6.45) is -2.03. The second-order valence-corrected chi connectivity index (χ2v) is 3.02. The van der Waals surface area contributed by atoms with E-state index < -0.39 is 29.5 Å². The lowest BCUT2D eigenvalue weighted by Gasteiger charge is -2.08. The predicted molar refractivity (Wildman–Crippen MR) is 49.8 cm³/mol. The topological polar surface area (TPSA) is 39.2 Å². The molecule has 6 heteroatoms. The number of halogens is 3. The molecule has 0 fully saturated rings. The highest BCUT2D eigenvalue weighted by Crippen LogP contribution is 2.24. The fraction of sp³-hybridized carbons (Fsp3) is 0.400. The van der Waals surface area contributed by atoms with Gasteiger partial charge in [0.2, 0.25) is 0 Å². The highest BCUT2D eigenvalue weighted by atomic mass is 19.3. The molecular formula is C10H10F3NO2. The molecular weight excluding hydrogens is 223 g/mol. The van der Waals surface area contributed by atoms with Crippen LogP contribution in [0.2, 0.25) is 0 Å². The fourth-order valence-electron chi connectivity index (χ4n) is 1.15. The Morgan fingerprint density at radius 2 is 2.19 bits per heavy atom. The van der Waals surface area contributed by atoms with Crippen LogP contribution < -0.4 is 0 Å². The molecule has 0 saturated carbocycles. The second kappa shape index (κ2) is 4.96. The third kappa shape index (κ3) is 2.32. The van der Waals surface area contributed by atoms with E-state index in [-0.39, 0.29) is 12.2 Å². The maximum atomic E-state index is 13.5. The molecule has 3 nitrogen and oxygen atoms in total. The van der Waals surface area contributed by atoms with E-state index in [0.29, 0.717) is 0 Å². The van der Waals surface area contributed by atoms with Gasteiger partial charge in [-0.25, -0.2) is 22.9 Å². The summed E-state index contributed by atoms with van der Waals surface area (Å²) in [6.45, 7) is 2.78. The third-order valence-corrected chi connectivity index (χ3v) is 2.01. The SMILES string of the molecule is CCOC(=O)c1ncc(C(F)F)c(C)c1F. The Morgan fingerprint density at radius 1 is 1.56 bits per heavy atom. The van der Waals surface area contributed by atoms with Gasteiger partial charge in [-0.15, -0.1) is 0 Å². The molecule has 0 aliphatic carbocycles. The van der Waals surface area contributed by atoms with Crippen LogP contribution in [-0.4, -0.2) is 17.6 Å². The average Bonchev–Trinajstić information content (AvgIpc) is 2.21. The van der Waals surface area contributed by atoms with Gasteiger partial charge < -0.3 is 4.74 Å². The Bertz CT molecular complexity index is 407. The first-order valence-electron chi connectivity index (χ1n) is 4.59. The van der Waals surface area contributed by atoms with Gasteiger partial charge in [0.05, 0.1) is 6.61 Å². The lowest BCUT2D eigenvalue weighted by molar-refractivity contribution is 0.0512. The predicted octanol–water partition coefficient (Wildman–Crippen LogP) is 2.64. The smallest absolute Gasteiger partial charge is 0.360 e. The van der Waals surface area contributed by atoms with Crippen molar-refractivity contribution in [2.45, 2.75) is 20.3 Å². The molecule has 0 aliphatic rings. The number of hydrogen-bond acceptors (Lipinski definition) is 3. The van der Waals surface area contributed by atoms with Gasteiger partial charge in [0, 0.05) is 11.8 Å². The minimum atomic E-state index is -2.82. The highest BCUT2D eigenvalue weighted by molar-refractivity contribution is 5.87. The van der Waals surface area contributed by atoms with Gasteiger partial charge in [-0.2, -0.15) is 0 Å². The van der Waals surface area contributed by atoms with Crippen LogP contribution in [0.3, 0.4) is 0 Å². The van der Waals surface area contributed by atoms with Crippen LogP contribution in [0.25, 0.3) is 0 Å². The lowest BCUT2D eigenvalue weighted by atomic mass is 10.1. The number of carbonyl (C=O) groups excluding carboxylic acids is 1. The molecule has 0 atom stereocenters. The average molecular weight is 233 g/mol. The first-order chi connectivity index (χ1) is 7.49. The monoisotopic (exact) mass is 233 g/mol. The van der Waals surface area contributed by atoms with E-state index in [1.54, 1.807) is 6.92 Å². The van der Waals surface area contributed by atoms with Crippen LogP contribution in [0.4, 0.5) is 13.2 Å². The highest BCUT2D eigenvalue weighted by Gasteiger charge is 2.22. The Labute approximate surface area is 90.2 Å². The number of ether oxygens (including phenoxy) is 1. The Morgan fingerprint density at radius 3 is 2.69 bits per heavy atom. The van der Waals surface area contributed by atoms with Gasteiger partial charge in [-0.05, 0) is 19.4 Å². The largest absolute Gasteiger partial charge is 0.461 e. The van der Waals surface area contributed by atoms with Crippen molar-refractivity contribution in [2.75, 3.05) is 6.61 Å². The van der Waals surface area contributed by atoms with Crippen LogP contribution in [0.1, 0.15) is 35.0 Å². The van der Waals surface area contributed by atoms with Crippen molar-refractivity contribution >= 4 is 5.97 Å². The summed E-state index contributed by atoms with van der Waals surface area (Å²) in [5.41, 5.74) is -1.37. The van der Waals surface area contributed by atoms with Gasteiger partial charge in [0.1, 0.15) is 0 Å². The van der Waals surface area contributed by atoms with E-state index in [9.17, 15) is 18.0 Å². The van der Waals surface area contributed by atoms with Crippen LogP contribution in [0.15, 0.2) is 6.20 Å². The van der Waals surface area contributed by atoms with Crippen LogP contribution >= 0.6 is 0 Å². The first-order valence-corrected chi connectivity index (χ1v) is 4.59. The Hall–Kier alpha value is -1.59. The molecule has 1 aromatic heterocycles. The molecule has 0 saturated heterocycles. The molecule has 16 heavy (non-hydrogen) atoms. The molecule has 0 aromatic carbocycles. The molecule has 1 aromatic rings. The number of carbonyl (C=O) groups is 1. The van der Waals surface area contributed by atoms with Crippen molar-refractivity contribution in [2.24, 2.45) is 0 Å². The molecule has 0 aliphatic heterocycles. The summed E-state index contributed by atoms with van der Waals surface area (Å²) in [6, 6.07) is 0. The normalized spacial score (nSPS) is 10.6. The number of aromatic nitrogens is 1. The summed E-state index contributed by atoms with van der Waals surface area (Å²) < 4.78 is 42.8. The first kappa shape index (κ1) is 12.5. The van der Waals surface area contributed by atoms with Gasteiger partial charge in [0.15, 0.2) is 11.5 Å². The van der Waals surface area contributed by atoms with Crippen molar-refractivity contribution in [3.05, 3.63) is 28.8 Å². The summed E-state index contributed by atoms with van der Waals surface area (Å²) in [5, 5.41) is 0. The molecule has 0 unspecified atom stereocenters. The minimum Gasteiger partial charge on any atom is -0.461 e. The van der Waals surface area contributed by atoms with Gasteiger partial charge in [-0.3, -0.25) is 0 Å². The fourth-order valence-corrected chi connectivity index (χ4v) is 1.15. The zero-order valence-electron chi connectivity index (χ0n) is 8.76. The molecule has 0 bridgehead atoms. The van der Waals surface area contributed by atoms with Crippen molar-refractivity contribution < 1.29 is 22.7 Å². The molecule has 1 rings (SSSR count).